The maximum Gasteiger partial charge on any atom is 1.00 e. The fourth-order valence-corrected chi connectivity index (χ4v) is 1.91. The van der Waals surface area contributed by atoms with Gasteiger partial charge in [-0.25, -0.2) is 0 Å². The third-order valence-corrected chi connectivity index (χ3v) is 3.23. The van der Waals surface area contributed by atoms with Crippen molar-refractivity contribution < 1.29 is 75.1 Å². The molecule has 0 unspecified atom stereocenters. The molecule has 0 aromatic heterocycles. The van der Waals surface area contributed by atoms with Crippen LogP contribution in [0.25, 0.3) is 11.5 Å². The molecule has 0 spiro atoms. The van der Waals surface area contributed by atoms with Crippen LogP contribution in [0.4, 0.5) is 0 Å². The standard InChI is InChI=1S/C16H14O3S2.2Na.2H/c1-11(13-3-7-15(18-20)8-4-13)17-12(2)14-5-9-16(19-21)10-6-14;;;;/h3-10,20-21H,1-2H2;;;;/q;2*+1;2*-1. The minimum Gasteiger partial charge on any atom is -1.00 e. The minimum absolute atomic E-state index is 0. The van der Waals surface area contributed by atoms with Crippen molar-refractivity contribution in [1.82, 2.24) is 0 Å². The van der Waals surface area contributed by atoms with Crippen molar-refractivity contribution in [2.24, 2.45) is 0 Å². The molecule has 0 amide bonds. The molecule has 2 aromatic rings. The van der Waals surface area contributed by atoms with Crippen molar-refractivity contribution >= 4 is 37.3 Å². The van der Waals surface area contributed by atoms with Crippen LogP contribution in [0.5, 0.6) is 11.5 Å². The first-order valence-corrected chi connectivity index (χ1v) is 6.76. The van der Waals surface area contributed by atoms with E-state index in [2.05, 4.69) is 39.0 Å². The maximum atomic E-state index is 5.66. The molecule has 0 radical (unpaired) electrons. The summed E-state index contributed by atoms with van der Waals surface area (Å²) in [6.07, 6.45) is 0. The molecular formula is C16H16Na2O3S2. The van der Waals surface area contributed by atoms with Gasteiger partial charge in [0, 0.05) is 36.9 Å². The Balaban J connectivity index is -0.00000121. The molecule has 112 valence electrons. The van der Waals surface area contributed by atoms with Crippen molar-refractivity contribution in [2.45, 2.75) is 0 Å². The second kappa shape index (κ2) is 11.6. The Bertz CT molecular complexity index is 596. The maximum absolute atomic E-state index is 5.66. The minimum atomic E-state index is 0. The van der Waals surface area contributed by atoms with E-state index < -0.39 is 0 Å². The second-order valence-electron chi connectivity index (χ2n) is 4.18. The summed E-state index contributed by atoms with van der Waals surface area (Å²) in [4.78, 5) is 0. The summed E-state index contributed by atoms with van der Waals surface area (Å²) in [5.41, 5.74) is 1.67. The van der Waals surface area contributed by atoms with Crippen LogP contribution in [0.15, 0.2) is 61.7 Å². The third-order valence-electron chi connectivity index (χ3n) is 2.81. The number of thiol groups is 2. The van der Waals surface area contributed by atoms with Crippen LogP contribution in [0.3, 0.4) is 0 Å². The molecule has 2 rings (SSSR count). The van der Waals surface area contributed by atoms with Crippen LogP contribution in [-0.2, 0) is 4.74 Å². The molecule has 0 fully saturated rings. The summed E-state index contributed by atoms with van der Waals surface area (Å²) in [5.74, 6) is 2.30. The third kappa shape index (κ3) is 6.80. The van der Waals surface area contributed by atoms with Gasteiger partial charge in [0.2, 0.25) is 0 Å². The number of ether oxygens (including phenoxy) is 1. The van der Waals surface area contributed by atoms with Gasteiger partial charge in [-0.2, -0.15) is 0 Å². The molecule has 0 heterocycles. The number of hydrogen-bond donors (Lipinski definition) is 2. The van der Waals surface area contributed by atoms with Crippen molar-refractivity contribution in [3.63, 3.8) is 0 Å². The van der Waals surface area contributed by atoms with E-state index in [9.17, 15) is 0 Å². The quantitative estimate of drug-likeness (QED) is 0.298. The molecule has 0 aliphatic carbocycles. The van der Waals surface area contributed by atoms with Crippen LogP contribution in [0.2, 0.25) is 0 Å². The van der Waals surface area contributed by atoms with Gasteiger partial charge in [-0.05, 0) is 48.5 Å². The molecule has 0 bridgehead atoms. The Kier molecular flexibility index (Phi) is 11.6. The Labute approximate surface area is 194 Å². The molecule has 0 N–H and O–H groups in total. The monoisotopic (exact) mass is 366 g/mol. The molecule has 0 atom stereocenters. The van der Waals surface area contributed by atoms with Gasteiger partial charge in [-0.3, -0.25) is 0 Å². The smallest absolute Gasteiger partial charge is 1.00 e. The van der Waals surface area contributed by atoms with Crippen molar-refractivity contribution in [3.05, 3.63) is 72.8 Å². The van der Waals surface area contributed by atoms with Crippen molar-refractivity contribution in [2.75, 3.05) is 0 Å². The fourth-order valence-electron chi connectivity index (χ4n) is 1.67. The van der Waals surface area contributed by atoms with Gasteiger partial charge in [-0.1, -0.05) is 13.2 Å². The average Bonchev–Trinajstić information content (AvgIpc) is 2.55. The van der Waals surface area contributed by atoms with Crippen LogP contribution in [-0.4, -0.2) is 0 Å². The zero-order valence-electron chi connectivity index (χ0n) is 15.2. The summed E-state index contributed by atoms with van der Waals surface area (Å²) in [6, 6.07) is 14.4. The van der Waals surface area contributed by atoms with Gasteiger partial charge in [0.05, 0.1) is 0 Å². The summed E-state index contributed by atoms with van der Waals surface area (Å²) < 4.78 is 15.3. The summed E-state index contributed by atoms with van der Waals surface area (Å²) in [7, 11) is 0. The first kappa shape index (κ1) is 23.0. The van der Waals surface area contributed by atoms with Gasteiger partial charge in [0.15, 0.2) is 0 Å². The summed E-state index contributed by atoms with van der Waals surface area (Å²) >= 11 is 7.46. The Morgan fingerprint density at radius 2 is 1.00 bits per heavy atom. The number of rotatable bonds is 6. The van der Waals surface area contributed by atoms with Crippen LogP contribution < -0.4 is 67.5 Å². The van der Waals surface area contributed by atoms with E-state index in [-0.39, 0.29) is 62.0 Å². The van der Waals surface area contributed by atoms with Crippen LogP contribution in [0.1, 0.15) is 14.0 Å². The fraction of sp³-hybridized carbons (Fsp3) is 0. The molecule has 0 aliphatic rings. The van der Waals surface area contributed by atoms with E-state index in [1.807, 2.05) is 24.3 Å². The van der Waals surface area contributed by atoms with Gasteiger partial charge in [-0.15, -0.1) is 0 Å². The van der Waals surface area contributed by atoms with Crippen LogP contribution >= 0.6 is 25.8 Å². The molecule has 0 saturated heterocycles. The zero-order valence-corrected chi connectivity index (χ0v) is 18.9. The number of benzene rings is 2. The predicted molar refractivity (Wildman–Crippen MR) is 93.5 cm³/mol. The Morgan fingerprint density at radius 1 is 0.696 bits per heavy atom. The van der Waals surface area contributed by atoms with Crippen LogP contribution in [0, 0.1) is 0 Å². The summed E-state index contributed by atoms with van der Waals surface area (Å²) in [6.45, 7) is 7.80. The van der Waals surface area contributed by atoms with Crippen molar-refractivity contribution in [3.8, 4) is 11.5 Å². The Hall–Kier alpha value is 0.0200. The molecule has 2 aromatic carbocycles. The average molecular weight is 366 g/mol. The van der Waals surface area contributed by atoms with Gasteiger partial charge in [0.1, 0.15) is 23.0 Å². The zero-order chi connectivity index (χ0) is 15.2. The van der Waals surface area contributed by atoms with E-state index in [1.54, 1.807) is 24.3 Å². The molecule has 7 heteroatoms. The number of hydrogen-bond acceptors (Lipinski definition) is 5. The second-order valence-corrected chi connectivity index (χ2v) is 4.54. The first-order valence-electron chi connectivity index (χ1n) is 6.03. The molecule has 3 nitrogen and oxygen atoms in total. The predicted octanol–water partition coefficient (Wildman–Crippen LogP) is -0.975. The van der Waals surface area contributed by atoms with Gasteiger partial charge < -0.3 is 16.0 Å². The first-order chi connectivity index (χ1) is 10.1. The van der Waals surface area contributed by atoms with Crippen molar-refractivity contribution in [1.29, 1.82) is 0 Å². The topological polar surface area (TPSA) is 27.7 Å². The van der Waals surface area contributed by atoms with E-state index in [1.165, 1.54) is 0 Å². The molecule has 23 heavy (non-hydrogen) atoms. The van der Waals surface area contributed by atoms with Gasteiger partial charge >= 0.3 is 59.1 Å². The Morgan fingerprint density at radius 3 is 1.26 bits per heavy atom. The van der Waals surface area contributed by atoms with Gasteiger partial charge in [0.25, 0.3) is 0 Å². The molecule has 0 aliphatic heterocycles. The normalized spacial score (nSPS) is 8.96. The largest absolute Gasteiger partial charge is 1.00 e. The molecule has 0 saturated carbocycles. The summed E-state index contributed by atoms with van der Waals surface area (Å²) in [5, 5.41) is 0. The molecular weight excluding hydrogens is 350 g/mol. The van der Waals surface area contributed by atoms with E-state index in [4.69, 9.17) is 13.1 Å². The van der Waals surface area contributed by atoms with E-state index in [0.29, 0.717) is 23.0 Å². The van der Waals surface area contributed by atoms with E-state index >= 15 is 0 Å². The SMILES string of the molecule is C=C(OC(=C)c1ccc(OS)cc1)c1ccc(OS)cc1.[H-].[H-].[Na+].[Na+]. The van der Waals surface area contributed by atoms with E-state index in [0.717, 1.165) is 11.1 Å².